The molecule has 0 radical (unpaired) electrons. The summed E-state index contributed by atoms with van der Waals surface area (Å²) < 4.78 is 61.5. The first kappa shape index (κ1) is 27.2. The number of aromatic amines is 1. The van der Waals surface area contributed by atoms with Crippen molar-refractivity contribution in [1.82, 2.24) is 14.8 Å². The zero-order valence-electron chi connectivity index (χ0n) is 21.2. The number of rotatable bonds is 14. The molecule has 8 nitrogen and oxygen atoms in total. The molecule has 202 valence electrons. The van der Waals surface area contributed by atoms with Crippen LogP contribution in [0.4, 0.5) is 13.2 Å². The predicted molar refractivity (Wildman–Crippen MR) is 136 cm³/mol. The third-order valence-corrected chi connectivity index (χ3v) is 7.56. The number of fused-ring (bicyclic) bond motifs is 1. The molecule has 37 heavy (non-hydrogen) atoms. The molecule has 0 bridgehead atoms. The van der Waals surface area contributed by atoms with Gasteiger partial charge in [-0.3, -0.25) is 4.79 Å². The zero-order valence-corrected chi connectivity index (χ0v) is 22.2. The van der Waals surface area contributed by atoms with Gasteiger partial charge in [0.1, 0.15) is 13.4 Å². The van der Waals surface area contributed by atoms with Gasteiger partial charge in [0.15, 0.2) is 11.5 Å². The van der Waals surface area contributed by atoms with Crippen LogP contribution in [-0.4, -0.2) is 55.4 Å². The Labute approximate surface area is 213 Å². The number of nitrogens with zero attached hydrogens (tertiary/aromatic N) is 2. The second-order valence-corrected chi connectivity index (χ2v) is 15.8. The standard InChI is InChI=1S/C25H32F3N3O5Si/c1-37(2,3)11-10-34-15-31-24(32)22-18(14-33-9-8-26)23(30-19(22)13-29-31)16-4-7-20(36-25(27)28)21(12-16)35-17-5-6-17/h4,7,12-13,17,25,30H,5-6,8-11,14-15H2,1-3H3. The Bertz CT molecular complexity index is 1270. The Hall–Kier alpha value is -2.83. The first-order valence-electron chi connectivity index (χ1n) is 12.2. The summed E-state index contributed by atoms with van der Waals surface area (Å²) in [7, 11) is -1.28. The molecule has 4 rings (SSSR count). The summed E-state index contributed by atoms with van der Waals surface area (Å²) in [6, 6.07) is 5.54. The number of ether oxygens (including phenoxy) is 4. The quantitative estimate of drug-likeness (QED) is 0.220. The maximum Gasteiger partial charge on any atom is 0.387 e. The molecule has 3 aromatic rings. The van der Waals surface area contributed by atoms with Crippen molar-refractivity contribution < 1.29 is 32.1 Å². The molecule has 1 saturated carbocycles. The van der Waals surface area contributed by atoms with Crippen molar-refractivity contribution in [3.8, 4) is 22.8 Å². The van der Waals surface area contributed by atoms with E-state index in [0.29, 0.717) is 34.3 Å². The zero-order chi connectivity index (χ0) is 26.6. The van der Waals surface area contributed by atoms with Crippen molar-refractivity contribution in [2.45, 2.75) is 64.6 Å². The minimum atomic E-state index is -3.00. The third kappa shape index (κ3) is 7.14. The summed E-state index contributed by atoms with van der Waals surface area (Å²) in [4.78, 5) is 16.6. The van der Waals surface area contributed by atoms with Gasteiger partial charge in [0.2, 0.25) is 0 Å². The van der Waals surface area contributed by atoms with E-state index in [1.807, 2.05) is 0 Å². The lowest BCUT2D eigenvalue weighted by Crippen LogP contribution is -2.26. The van der Waals surface area contributed by atoms with E-state index in [1.54, 1.807) is 12.1 Å². The summed E-state index contributed by atoms with van der Waals surface area (Å²) >= 11 is 0. The highest BCUT2D eigenvalue weighted by Gasteiger charge is 2.27. The maximum absolute atomic E-state index is 13.4. The summed E-state index contributed by atoms with van der Waals surface area (Å²) in [5.74, 6) is 0.109. The van der Waals surface area contributed by atoms with Gasteiger partial charge < -0.3 is 23.9 Å². The smallest absolute Gasteiger partial charge is 0.387 e. The highest BCUT2D eigenvalue weighted by atomic mass is 28.3. The lowest BCUT2D eigenvalue weighted by atomic mass is 10.1. The molecule has 12 heteroatoms. The number of aromatic nitrogens is 3. The van der Waals surface area contributed by atoms with E-state index in [-0.39, 0.29) is 43.1 Å². The van der Waals surface area contributed by atoms with Gasteiger partial charge >= 0.3 is 6.61 Å². The van der Waals surface area contributed by atoms with Gasteiger partial charge in [-0.25, -0.2) is 9.07 Å². The van der Waals surface area contributed by atoms with E-state index < -0.39 is 21.4 Å². The molecule has 0 atom stereocenters. The Balaban J connectivity index is 1.70. The van der Waals surface area contributed by atoms with Crippen LogP contribution in [0.5, 0.6) is 11.5 Å². The van der Waals surface area contributed by atoms with Crippen LogP contribution in [0.2, 0.25) is 25.7 Å². The Morgan fingerprint density at radius 1 is 1.16 bits per heavy atom. The summed E-state index contributed by atoms with van der Waals surface area (Å²) in [6.07, 6.45) is 3.13. The third-order valence-electron chi connectivity index (χ3n) is 5.85. The lowest BCUT2D eigenvalue weighted by molar-refractivity contribution is -0.0516. The number of hydrogen-bond donors (Lipinski definition) is 1. The molecular weight excluding hydrogens is 507 g/mol. The monoisotopic (exact) mass is 539 g/mol. The summed E-state index contributed by atoms with van der Waals surface area (Å²) in [6.45, 7) is 3.41. The van der Waals surface area contributed by atoms with E-state index in [9.17, 15) is 18.0 Å². The fraction of sp³-hybridized carbons (Fsp3) is 0.520. The maximum atomic E-state index is 13.4. The van der Waals surface area contributed by atoms with Crippen LogP contribution in [0.25, 0.3) is 22.2 Å². The normalized spacial score (nSPS) is 14.0. The second-order valence-electron chi connectivity index (χ2n) is 10.2. The molecule has 0 unspecified atom stereocenters. The fourth-order valence-electron chi connectivity index (χ4n) is 3.77. The van der Waals surface area contributed by atoms with Gasteiger partial charge in [-0.2, -0.15) is 13.9 Å². The van der Waals surface area contributed by atoms with Gasteiger partial charge in [-0.1, -0.05) is 19.6 Å². The molecule has 1 aromatic carbocycles. The van der Waals surface area contributed by atoms with E-state index in [1.165, 1.54) is 16.9 Å². The van der Waals surface area contributed by atoms with Gasteiger partial charge in [-0.15, -0.1) is 0 Å². The van der Waals surface area contributed by atoms with Crippen molar-refractivity contribution in [3.63, 3.8) is 0 Å². The summed E-state index contributed by atoms with van der Waals surface area (Å²) in [5.41, 5.74) is 1.69. The van der Waals surface area contributed by atoms with Crippen molar-refractivity contribution in [3.05, 3.63) is 40.3 Å². The van der Waals surface area contributed by atoms with Crippen LogP contribution in [0.15, 0.2) is 29.2 Å². The molecule has 1 fully saturated rings. The predicted octanol–water partition coefficient (Wildman–Crippen LogP) is 5.33. The van der Waals surface area contributed by atoms with Crippen LogP contribution < -0.4 is 15.0 Å². The SMILES string of the molecule is C[Si](C)(C)CCOCn1ncc2[nH]c(-c3ccc(OC(F)F)c(OC4CC4)c3)c(COCCF)c2c1=O. The second kappa shape index (κ2) is 11.7. The van der Waals surface area contributed by atoms with Crippen LogP contribution >= 0.6 is 0 Å². The van der Waals surface area contributed by atoms with Crippen LogP contribution in [-0.2, 0) is 22.8 Å². The topological polar surface area (TPSA) is 87.6 Å². The Morgan fingerprint density at radius 2 is 1.95 bits per heavy atom. The van der Waals surface area contributed by atoms with Gasteiger partial charge in [0.05, 0.1) is 42.1 Å². The number of alkyl halides is 3. The first-order valence-corrected chi connectivity index (χ1v) is 15.9. The van der Waals surface area contributed by atoms with Crippen LogP contribution in [0.1, 0.15) is 18.4 Å². The Kier molecular flexibility index (Phi) is 8.60. The van der Waals surface area contributed by atoms with Gasteiger partial charge in [-0.05, 0) is 37.1 Å². The molecule has 0 amide bonds. The molecule has 1 aliphatic rings. The number of benzene rings is 1. The summed E-state index contributed by atoms with van der Waals surface area (Å²) in [5, 5.41) is 4.57. The van der Waals surface area contributed by atoms with E-state index in [0.717, 1.165) is 18.9 Å². The number of halogens is 3. The number of H-pyrrole nitrogens is 1. The van der Waals surface area contributed by atoms with Crippen molar-refractivity contribution in [2.24, 2.45) is 0 Å². The number of hydrogen-bond acceptors (Lipinski definition) is 6. The minimum Gasteiger partial charge on any atom is -0.487 e. The van der Waals surface area contributed by atoms with Gasteiger partial charge in [0.25, 0.3) is 5.56 Å². The number of nitrogens with one attached hydrogen (secondary N) is 1. The largest absolute Gasteiger partial charge is 0.487 e. The van der Waals surface area contributed by atoms with E-state index in [4.69, 9.17) is 14.2 Å². The molecule has 0 saturated heterocycles. The first-order chi connectivity index (χ1) is 17.7. The van der Waals surface area contributed by atoms with Crippen molar-refractivity contribution in [2.75, 3.05) is 19.9 Å². The van der Waals surface area contributed by atoms with Crippen molar-refractivity contribution in [1.29, 1.82) is 0 Å². The molecule has 1 aliphatic carbocycles. The lowest BCUT2D eigenvalue weighted by Gasteiger charge is -2.15. The fourth-order valence-corrected chi connectivity index (χ4v) is 4.52. The van der Waals surface area contributed by atoms with E-state index in [2.05, 4.69) is 34.5 Å². The Morgan fingerprint density at radius 3 is 2.62 bits per heavy atom. The average molecular weight is 540 g/mol. The van der Waals surface area contributed by atoms with Crippen LogP contribution in [0, 0.1) is 0 Å². The molecule has 0 spiro atoms. The molecule has 0 aliphatic heterocycles. The highest BCUT2D eigenvalue weighted by molar-refractivity contribution is 6.76. The molecular formula is C25H32F3N3O5Si. The van der Waals surface area contributed by atoms with Crippen LogP contribution in [0.3, 0.4) is 0 Å². The van der Waals surface area contributed by atoms with Gasteiger partial charge in [0, 0.05) is 25.8 Å². The van der Waals surface area contributed by atoms with E-state index >= 15 is 0 Å². The molecule has 2 aromatic heterocycles. The molecule has 2 heterocycles. The molecule has 1 N–H and O–H groups in total. The minimum absolute atomic E-state index is 0.00356. The highest BCUT2D eigenvalue weighted by Crippen LogP contribution is 2.39. The average Bonchev–Trinajstić information content (AvgIpc) is 3.57. The van der Waals surface area contributed by atoms with Crippen molar-refractivity contribution >= 4 is 19.0 Å².